The van der Waals surface area contributed by atoms with Crippen LogP contribution in [0.4, 0.5) is 35.4 Å². The number of aryl methyl sites for hydroxylation is 1. The predicted molar refractivity (Wildman–Crippen MR) is 140 cm³/mol. The van der Waals surface area contributed by atoms with Gasteiger partial charge in [0.15, 0.2) is 0 Å². The van der Waals surface area contributed by atoms with Crippen LogP contribution in [0.25, 0.3) is 0 Å². The summed E-state index contributed by atoms with van der Waals surface area (Å²) in [4.78, 5) is 24.0. The molecule has 3 aliphatic heterocycles. The van der Waals surface area contributed by atoms with Crippen molar-refractivity contribution in [3.8, 4) is 0 Å². The number of rotatable bonds is 8. The molecule has 2 aromatic heterocycles. The minimum absolute atomic E-state index is 0.0429. The van der Waals surface area contributed by atoms with Gasteiger partial charge in [-0.3, -0.25) is 9.58 Å². The summed E-state index contributed by atoms with van der Waals surface area (Å²) >= 11 is 0. The van der Waals surface area contributed by atoms with Gasteiger partial charge < -0.3 is 20.3 Å². The fraction of sp³-hybridized carbons (Fsp3) is 0.615. The number of hydrogen-bond acceptors (Lipinski definition) is 8. The second-order valence-electron chi connectivity index (χ2n) is 11.1. The van der Waals surface area contributed by atoms with E-state index in [1.54, 1.807) is 26.1 Å². The molecule has 2 bridgehead atoms. The lowest BCUT2D eigenvalue weighted by Crippen LogP contribution is -2.40. The molecule has 2 fully saturated rings. The summed E-state index contributed by atoms with van der Waals surface area (Å²) in [7, 11) is 2.19. The van der Waals surface area contributed by atoms with Gasteiger partial charge in [0.2, 0.25) is 5.95 Å². The van der Waals surface area contributed by atoms with Crippen molar-refractivity contribution in [3.05, 3.63) is 35.9 Å². The van der Waals surface area contributed by atoms with Crippen LogP contribution in [0.5, 0.6) is 0 Å². The van der Waals surface area contributed by atoms with Gasteiger partial charge in [-0.05, 0) is 66.0 Å². The Morgan fingerprint density at radius 3 is 2.56 bits per heavy atom. The average Bonchev–Trinajstić information content (AvgIpc) is 3.28. The molecule has 2 atom stereocenters. The van der Waals surface area contributed by atoms with E-state index in [9.17, 15) is 18.0 Å². The van der Waals surface area contributed by atoms with Gasteiger partial charge in [0.05, 0.1) is 17.4 Å². The molecule has 10 nitrogen and oxygen atoms in total. The third-order valence-corrected chi connectivity index (χ3v) is 7.81. The molecule has 1 amide bonds. The smallest absolute Gasteiger partial charge is 0.421 e. The van der Waals surface area contributed by atoms with Gasteiger partial charge in [0.1, 0.15) is 17.0 Å². The fourth-order valence-corrected chi connectivity index (χ4v) is 5.56. The van der Waals surface area contributed by atoms with E-state index >= 15 is 0 Å². The van der Waals surface area contributed by atoms with Crippen molar-refractivity contribution in [2.45, 2.75) is 82.8 Å². The Balaban J connectivity index is 1.25. The number of cyclic esters (lactones) is 1. The maximum absolute atomic E-state index is 13.7. The first-order chi connectivity index (χ1) is 18.4. The third kappa shape index (κ3) is 5.97. The Morgan fingerprint density at radius 2 is 1.90 bits per heavy atom. The number of piperidine rings is 1. The van der Waals surface area contributed by atoms with Crippen LogP contribution in [0.3, 0.4) is 0 Å². The minimum Gasteiger partial charge on any atom is -0.439 e. The first-order valence-electron chi connectivity index (χ1n) is 13.3. The molecule has 2 saturated heterocycles. The van der Waals surface area contributed by atoms with Crippen LogP contribution >= 0.6 is 0 Å². The number of nitrogens with zero attached hydrogens (tertiary/aromatic N) is 6. The molecule has 5 heterocycles. The van der Waals surface area contributed by atoms with Crippen molar-refractivity contribution in [1.29, 1.82) is 0 Å². The van der Waals surface area contributed by atoms with Gasteiger partial charge in [-0.2, -0.15) is 23.3 Å². The number of amides is 1. The van der Waals surface area contributed by atoms with Crippen molar-refractivity contribution in [1.82, 2.24) is 29.5 Å². The van der Waals surface area contributed by atoms with E-state index in [2.05, 4.69) is 37.6 Å². The van der Waals surface area contributed by atoms with Gasteiger partial charge in [-0.25, -0.2) is 9.78 Å². The summed E-state index contributed by atoms with van der Waals surface area (Å²) in [5.74, 6) is -0.281. The summed E-state index contributed by atoms with van der Waals surface area (Å²) in [6, 6.07) is 1.41. The maximum Gasteiger partial charge on any atom is 0.421 e. The van der Waals surface area contributed by atoms with E-state index in [0.717, 1.165) is 24.7 Å². The molecule has 0 aromatic carbocycles. The second-order valence-corrected chi connectivity index (χ2v) is 11.1. The maximum atomic E-state index is 13.7. The topological polar surface area (TPSA) is 100 Å². The number of aromatic nitrogens is 4. The van der Waals surface area contributed by atoms with Crippen molar-refractivity contribution < 1.29 is 22.7 Å². The lowest BCUT2D eigenvalue weighted by molar-refractivity contribution is -0.137. The number of carbonyl (C=O) groups excluding carboxylic acids is 1. The molecule has 13 heteroatoms. The van der Waals surface area contributed by atoms with Crippen molar-refractivity contribution in [3.63, 3.8) is 0 Å². The normalized spacial score (nSPS) is 24.6. The van der Waals surface area contributed by atoms with E-state index < -0.39 is 23.4 Å². The first-order valence-corrected chi connectivity index (χ1v) is 13.3. The zero-order valence-corrected chi connectivity index (χ0v) is 22.6. The van der Waals surface area contributed by atoms with Crippen LogP contribution in [-0.2, 0) is 10.9 Å². The van der Waals surface area contributed by atoms with E-state index in [1.807, 2.05) is 17.8 Å². The Morgan fingerprint density at radius 1 is 1.18 bits per heavy atom. The van der Waals surface area contributed by atoms with Crippen LogP contribution in [0.15, 0.2) is 24.7 Å². The highest BCUT2D eigenvalue weighted by Gasteiger charge is 2.39. The number of fused-ring (bicyclic) bond motifs is 2. The standard InChI is InChI=1S/C26H35F3N8O2/c1-16-21(15-37(34-16)19-12-17-6-7-18(13-19)35(17)4)32-23-31-14-20(26(27,28)29)22(33-23)30-9-5-10-36-11-8-25(2,3)39-24(36)38/h8,11,14-15,17-19H,5-7,9-10,12-13H2,1-4H3,(H2,30,31,32,33). The second kappa shape index (κ2) is 10.3. The molecule has 2 unspecified atom stereocenters. The van der Waals surface area contributed by atoms with Crippen LogP contribution in [0.1, 0.15) is 63.3 Å². The van der Waals surface area contributed by atoms with Crippen LogP contribution in [0, 0.1) is 6.92 Å². The number of hydrogen-bond donors (Lipinski definition) is 2. The van der Waals surface area contributed by atoms with Crippen molar-refractivity contribution in [2.24, 2.45) is 0 Å². The number of ether oxygens (including phenoxy) is 1. The first kappa shape index (κ1) is 27.2. The molecule has 2 N–H and O–H groups in total. The van der Waals surface area contributed by atoms with Crippen molar-refractivity contribution in [2.75, 3.05) is 30.8 Å². The van der Waals surface area contributed by atoms with Gasteiger partial charge in [0.25, 0.3) is 0 Å². The summed E-state index contributed by atoms with van der Waals surface area (Å²) < 4.78 is 48.3. The zero-order valence-electron chi connectivity index (χ0n) is 22.6. The molecule has 39 heavy (non-hydrogen) atoms. The number of carbonyl (C=O) groups is 1. The average molecular weight is 549 g/mol. The molecule has 5 rings (SSSR count). The largest absolute Gasteiger partial charge is 0.439 e. The molecule has 0 saturated carbocycles. The molecule has 3 aliphatic rings. The monoisotopic (exact) mass is 548 g/mol. The predicted octanol–water partition coefficient (Wildman–Crippen LogP) is 5.09. The Bertz CT molecular complexity index is 1230. The van der Waals surface area contributed by atoms with Gasteiger partial charge in [-0.1, -0.05) is 0 Å². The number of halogens is 3. The summed E-state index contributed by atoms with van der Waals surface area (Å²) in [5, 5.41) is 10.5. The highest BCUT2D eigenvalue weighted by molar-refractivity contribution is 5.70. The van der Waals surface area contributed by atoms with Gasteiger partial charge >= 0.3 is 12.3 Å². The molecule has 2 aromatic rings. The lowest BCUT2D eigenvalue weighted by Gasteiger charge is -2.36. The SMILES string of the molecule is Cc1nn(C2CC3CCC(C2)N3C)cc1Nc1ncc(C(F)(F)F)c(NCCCN2C=CC(C)(C)OC2=O)n1. The summed E-state index contributed by atoms with van der Waals surface area (Å²) in [6.07, 6.45) is 5.80. The van der Waals surface area contributed by atoms with E-state index in [4.69, 9.17) is 4.74 Å². The zero-order chi connectivity index (χ0) is 27.9. The molecule has 212 valence electrons. The highest BCUT2D eigenvalue weighted by Crippen LogP contribution is 2.40. The molecular formula is C26H35F3N8O2. The molecule has 0 aliphatic carbocycles. The molecule has 0 radical (unpaired) electrons. The van der Waals surface area contributed by atoms with E-state index in [1.165, 1.54) is 17.7 Å². The number of alkyl halides is 3. The Labute approximate surface area is 225 Å². The summed E-state index contributed by atoms with van der Waals surface area (Å²) in [6.45, 7) is 5.84. The van der Waals surface area contributed by atoms with Gasteiger partial charge in [0, 0.05) is 43.8 Å². The number of nitrogens with one attached hydrogen (secondary N) is 2. The number of anilines is 3. The van der Waals surface area contributed by atoms with Crippen molar-refractivity contribution >= 4 is 23.5 Å². The van der Waals surface area contributed by atoms with Crippen LogP contribution in [0.2, 0.25) is 0 Å². The fourth-order valence-electron chi connectivity index (χ4n) is 5.56. The lowest BCUT2D eigenvalue weighted by atomic mass is 9.98. The van der Waals surface area contributed by atoms with Crippen LogP contribution in [-0.4, -0.2) is 73.5 Å². The Kier molecular flexibility index (Phi) is 7.21. The molecular weight excluding hydrogens is 513 g/mol. The van der Waals surface area contributed by atoms with E-state index in [-0.39, 0.29) is 30.9 Å². The molecule has 0 spiro atoms. The highest BCUT2D eigenvalue weighted by atomic mass is 19.4. The Hall–Kier alpha value is -3.35. The van der Waals surface area contributed by atoms with E-state index in [0.29, 0.717) is 24.2 Å². The minimum atomic E-state index is -4.62. The van der Waals surface area contributed by atoms with Gasteiger partial charge in [-0.15, -0.1) is 0 Å². The third-order valence-electron chi connectivity index (χ3n) is 7.81. The quantitative estimate of drug-likeness (QED) is 0.440. The van der Waals surface area contributed by atoms with Crippen LogP contribution < -0.4 is 10.6 Å². The summed E-state index contributed by atoms with van der Waals surface area (Å²) in [5.41, 5.74) is -0.255.